The molecule has 0 bridgehead atoms. The lowest BCUT2D eigenvalue weighted by molar-refractivity contribution is -0.152. The van der Waals surface area contributed by atoms with Crippen molar-refractivity contribution in [3.63, 3.8) is 0 Å². The lowest BCUT2D eigenvalue weighted by Crippen LogP contribution is -2.56. The highest BCUT2D eigenvalue weighted by molar-refractivity contribution is 5.84. The van der Waals surface area contributed by atoms with E-state index in [1.165, 1.54) is 0 Å². The molecule has 3 aliphatic heterocycles. The second-order valence-electron chi connectivity index (χ2n) is 7.63. The van der Waals surface area contributed by atoms with Crippen LogP contribution in [0, 0.1) is 25.2 Å². The highest BCUT2D eigenvalue weighted by Crippen LogP contribution is 2.40. The van der Waals surface area contributed by atoms with E-state index in [0.717, 1.165) is 69.6 Å². The Morgan fingerprint density at radius 2 is 2.12 bits per heavy atom. The topological polar surface area (TPSA) is 70.8 Å². The van der Waals surface area contributed by atoms with Gasteiger partial charge in [-0.2, -0.15) is 0 Å². The second-order valence-corrected chi connectivity index (χ2v) is 7.63. The molecule has 3 saturated heterocycles. The van der Waals surface area contributed by atoms with Crippen molar-refractivity contribution in [3.8, 4) is 0 Å². The number of carbonyl (C=O) groups is 1. The van der Waals surface area contributed by atoms with Crippen LogP contribution in [0.5, 0.6) is 0 Å². The molecule has 0 aromatic carbocycles. The first-order valence-electron chi connectivity index (χ1n) is 9.31. The Labute approximate surface area is 148 Å². The minimum Gasteiger partial charge on any atom is -0.444 e. The van der Waals surface area contributed by atoms with Crippen molar-refractivity contribution in [2.24, 2.45) is 11.3 Å². The molecule has 7 nitrogen and oxygen atoms in total. The van der Waals surface area contributed by atoms with E-state index in [1.807, 2.05) is 13.8 Å². The number of nitrogens with zero attached hydrogens (tertiary/aromatic N) is 3. The van der Waals surface area contributed by atoms with Crippen molar-refractivity contribution in [2.45, 2.75) is 26.8 Å². The van der Waals surface area contributed by atoms with E-state index in [-0.39, 0.29) is 5.41 Å². The second kappa shape index (κ2) is 6.70. The fourth-order valence-corrected chi connectivity index (χ4v) is 4.38. The number of hydrogen-bond donors (Lipinski definition) is 1. The van der Waals surface area contributed by atoms with Crippen LogP contribution in [0.25, 0.3) is 0 Å². The third kappa shape index (κ3) is 3.09. The summed E-state index contributed by atoms with van der Waals surface area (Å²) in [5, 5.41) is 3.42. The fourth-order valence-electron chi connectivity index (χ4n) is 4.38. The van der Waals surface area contributed by atoms with Crippen LogP contribution >= 0.6 is 0 Å². The Balaban J connectivity index is 1.36. The molecule has 0 unspecified atom stereocenters. The van der Waals surface area contributed by atoms with Gasteiger partial charge in [-0.1, -0.05) is 0 Å². The molecule has 1 amide bonds. The number of nitrogens with one attached hydrogen (secondary N) is 1. The summed E-state index contributed by atoms with van der Waals surface area (Å²) in [5.74, 6) is 2.32. The van der Waals surface area contributed by atoms with Gasteiger partial charge in [0.2, 0.25) is 11.8 Å². The molecular weight excluding hydrogens is 320 g/mol. The van der Waals surface area contributed by atoms with Gasteiger partial charge in [0.15, 0.2) is 0 Å². The maximum Gasteiger partial charge on any atom is 0.230 e. The van der Waals surface area contributed by atoms with Gasteiger partial charge in [-0.05, 0) is 20.3 Å². The summed E-state index contributed by atoms with van der Waals surface area (Å²) in [6.07, 6.45) is 0.846. The Morgan fingerprint density at radius 3 is 2.84 bits per heavy atom. The SMILES string of the molecule is Cc1nc(CN2CCN(C(=O)[C@@]34CCOC[C@@H]3CNC4)CC2)oc1C. The van der Waals surface area contributed by atoms with Crippen LogP contribution in [0.1, 0.15) is 23.8 Å². The minimum atomic E-state index is -0.239. The molecule has 1 aromatic rings. The molecule has 138 valence electrons. The van der Waals surface area contributed by atoms with E-state index >= 15 is 0 Å². The molecule has 3 fully saturated rings. The average Bonchev–Trinajstić information content (AvgIpc) is 3.19. The summed E-state index contributed by atoms with van der Waals surface area (Å²) in [7, 11) is 0. The monoisotopic (exact) mass is 348 g/mol. The van der Waals surface area contributed by atoms with E-state index < -0.39 is 0 Å². The summed E-state index contributed by atoms with van der Waals surface area (Å²) in [6.45, 7) is 11.1. The van der Waals surface area contributed by atoms with Crippen molar-refractivity contribution in [2.75, 3.05) is 52.5 Å². The van der Waals surface area contributed by atoms with Gasteiger partial charge in [-0.15, -0.1) is 0 Å². The van der Waals surface area contributed by atoms with Crippen LogP contribution in [0.15, 0.2) is 4.42 Å². The summed E-state index contributed by atoms with van der Waals surface area (Å²) in [6, 6.07) is 0. The number of oxazole rings is 1. The number of carbonyl (C=O) groups excluding carboxylic acids is 1. The van der Waals surface area contributed by atoms with Crippen molar-refractivity contribution in [1.82, 2.24) is 20.1 Å². The van der Waals surface area contributed by atoms with Gasteiger partial charge in [-0.25, -0.2) is 4.98 Å². The van der Waals surface area contributed by atoms with Crippen LogP contribution in [0.3, 0.4) is 0 Å². The van der Waals surface area contributed by atoms with Gasteiger partial charge in [0.05, 0.1) is 24.3 Å². The Hall–Kier alpha value is -1.44. The van der Waals surface area contributed by atoms with Gasteiger partial charge < -0.3 is 19.4 Å². The predicted molar refractivity (Wildman–Crippen MR) is 92.1 cm³/mol. The largest absolute Gasteiger partial charge is 0.444 e. The standard InChI is InChI=1S/C18H28N4O3/c1-13-14(2)25-16(20-13)10-21-4-6-22(7-5-21)17(23)18-3-8-24-11-15(18)9-19-12-18/h15,19H,3-12H2,1-2H3/t15-,18+/m0/s1. The van der Waals surface area contributed by atoms with Crippen LogP contribution in [0.2, 0.25) is 0 Å². The average molecular weight is 348 g/mol. The number of fused-ring (bicyclic) bond motifs is 1. The maximum absolute atomic E-state index is 13.3. The van der Waals surface area contributed by atoms with E-state index in [1.54, 1.807) is 0 Å². The lowest BCUT2D eigenvalue weighted by atomic mass is 9.73. The zero-order chi connectivity index (χ0) is 17.4. The number of aromatic nitrogens is 1. The number of ether oxygens (including phenoxy) is 1. The highest BCUT2D eigenvalue weighted by Gasteiger charge is 2.52. The molecule has 1 N–H and O–H groups in total. The molecule has 2 atom stereocenters. The molecule has 4 heterocycles. The van der Waals surface area contributed by atoms with Crippen molar-refractivity contribution in [1.29, 1.82) is 0 Å². The number of piperazine rings is 1. The normalized spacial score (nSPS) is 30.5. The summed E-state index contributed by atoms with van der Waals surface area (Å²) in [4.78, 5) is 22.1. The molecule has 7 heteroatoms. The quantitative estimate of drug-likeness (QED) is 0.861. The van der Waals surface area contributed by atoms with Crippen molar-refractivity contribution in [3.05, 3.63) is 17.3 Å². The molecule has 1 aromatic heterocycles. The predicted octanol–water partition coefficient (Wildman–Crippen LogP) is 0.562. The van der Waals surface area contributed by atoms with Gasteiger partial charge in [0.25, 0.3) is 0 Å². The van der Waals surface area contributed by atoms with E-state index in [0.29, 0.717) is 25.0 Å². The summed E-state index contributed by atoms with van der Waals surface area (Å²) >= 11 is 0. The first-order chi connectivity index (χ1) is 12.1. The molecule has 4 rings (SSSR count). The van der Waals surface area contributed by atoms with E-state index in [2.05, 4.69) is 20.1 Å². The first-order valence-corrected chi connectivity index (χ1v) is 9.31. The number of hydrogen-bond acceptors (Lipinski definition) is 6. The molecule has 0 spiro atoms. The van der Waals surface area contributed by atoms with Crippen LogP contribution in [-0.2, 0) is 16.1 Å². The van der Waals surface area contributed by atoms with Crippen LogP contribution in [-0.4, -0.2) is 73.2 Å². The zero-order valence-electron chi connectivity index (χ0n) is 15.2. The Bertz CT molecular complexity index is 619. The summed E-state index contributed by atoms with van der Waals surface area (Å²) in [5.41, 5.74) is 0.721. The zero-order valence-corrected chi connectivity index (χ0v) is 15.2. The highest BCUT2D eigenvalue weighted by atomic mass is 16.5. The van der Waals surface area contributed by atoms with E-state index in [9.17, 15) is 4.79 Å². The number of aryl methyl sites for hydroxylation is 2. The Kier molecular flexibility index (Phi) is 4.56. The maximum atomic E-state index is 13.3. The van der Waals surface area contributed by atoms with Crippen molar-refractivity contribution >= 4 is 5.91 Å². The molecule has 0 radical (unpaired) electrons. The number of amides is 1. The van der Waals surface area contributed by atoms with Gasteiger partial charge >= 0.3 is 0 Å². The fraction of sp³-hybridized carbons (Fsp3) is 0.778. The van der Waals surface area contributed by atoms with Crippen LogP contribution < -0.4 is 5.32 Å². The van der Waals surface area contributed by atoms with Crippen molar-refractivity contribution < 1.29 is 13.9 Å². The molecular formula is C18H28N4O3. The Morgan fingerprint density at radius 1 is 1.32 bits per heavy atom. The molecule has 3 aliphatic rings. The molecule has 25 heavy (non-hydrogen) atoms. The van der Waals surface area contributed by atoms with Gasteiger partial charge in [0.1, 0.15) is 5.76 Å². The minimum absolute atomic E-state index is 0.239. The third-order valence-electron chi connectivity index (χ3n) is 6.14. The number of rotatable bonds is 3. The smallest absolute Gasteiger partial charge is 0.230 e. The van der Waals surface area contributed by atoms with Crippen LogP contribution in [0.4, 0.5) is 0 Å². The lowest BCUT2D eigenvalue weighted by Gasteiger charge is -2.43. The molecule has 0 saturated carbocycles. The summed E-state index contributed by atoms with van der Waals surface area (Å²) < 4.78 is 11.3. The molecule has 0 aliphatic carbocycles. The van der Waals surface area contributed by atoms with Gasteiger partial charge in [-0.3, -0.25) is 9.69 Å². The van der Waals surface area contributed by atoms with E-state index in [4.69, 9.17) is 9.15 Å². The third-order valence-corrected chi connectivity index (χ3v) is 6.14. The van der Waals surface area contributed by atoms with Gasteiger partial charge in [0, 0.05) is 51.8 Å². The first kappa shape index (κ1) is 17.0.